The highest BCUT2D eigenvalue weighted by molar-refractivity contribution is 6.31. The number of hydrogen-bond donors (Lipinski definition) is 1. The van der Waals surface area contributed by atoms with E-state index in [4.69, 9.17) is 16.9 Å². The minimum atomic E-state index is -0.240. The minimum Gasteiger partial charge on any atom is -0.306 e. The van der Waals surface area contributed by atoms with Gasteiger partial charge in [-0.2, -0.15) is 5.26 Å². The maximum absolute atomic E-state index is 12.9. The molecular formula is C16H14ClFN2. The van der Waals surface area contributed by atoms with Crippen LogP contribution in [0.5, 0.6) is 0 Å². The summed E-state index contributed by atoms with van der Waals surface area (Å²) in [5, 5.41) is 12.7. The zero-order valence-electron chi connectivity index (χ0n) is 11.0. The van der Waals surface area contributed by atoms with Crippen LogP contribution in [-0.4, -0.2) is 0 Å². The standard InChI is InChI=1S/C16H14ClFN2/c1-11(13-4-6-15(18)7-5-13)20-10-14-3-2-12(9-19)8-16(14)17/h2-8,11,20H,10H2,1H3/t11-/m0/s1. The van der Waals surface area contributed by atoms with E-state index in [0.717, 1.165) is 11.1 Å². The molecule has 1 N–H and O–H groups in total. The summed E-state index contributed by atoms with van der Waals surface area (Å²) in [5.41, 5.74) is 2.49. The van der Waals surface area contributed by atoms with Crippen LogP contribution < -0.4 is 5.32 Å². The van der Waals surface area contributed by atoms with Gasteiger partial charge in [0.15, 0.2) is 0 Å². The van der Waals surface area contributed by atoms with Gasteiger partial charge in [-0.1, -0.05) is 29.8 Å². The molecule has 2 aromatic carbocycles. The Balaban J connectivity index is 2.01. The minimum absolute atomic E-state index is 0.0855. The molecule has 0 aliphatic carbocycles. The van der Waals surface area contributed by atoms with Gasteiger partial charge in [0.25, 0.3) is 0 Å². The zero-order chi connectivity index (χ0) is 14.5. The van der Waals surface area contributed by atoms with Crippen LogP contribution in [0.2, 0.25) is 5.02 Å². The van der Waals surface area contributed by atoms with Crippen molar-refractivity contribution in [2.75, 3.05) is 0 Å². The van der Waals surface area contributed by atoms with Crippen molar-refractivity contribution in [1.29, 1.82) is 5.26 Å². The fourth-order valence-corrected chi connectivity index (χ4v) is 2.14. The topological polar surface area (TPSA) is 35.8 Å². The van der Waals surface area contributed by atoms with Crippen LogP contribution in [-0.2, 0) is 6.54 Å². The Bertz CT molecular complexity index is 632. The summed E-state index contributed by atoms with van der Waals surface area (Å²) >= 11 is 6.12. The lowest BCUT2D eigenvalue weighted by Crippen LogP contribution is -2.18. The Labute approximate surface area is 122 Å². The van der Waals surface area contributed by atoms with Gasteiger partial charge in [0.05, 0.1) is 11.6 Å². The van der Waals surface area contributed by atoms with E-state index in [1.54, 1.807) is 24.3 Å². The molecule has 0 heterocycles. The van der Waals surface area contributed by atoms with E-state index in [9.17, 15) is 4.39 Å². The second-order valence-electron chi connectivity index (χ2n) is 4.57. The molecule has 0 aromatic heterocycles. The lowest BCUT2D eigenvalue weighted by molar-refractivity contribution is 0.571. The van der Waals surface area contributed by atoms with E-state index in [0.29, 0.717) is 17.1 Å². The van der Waals surface area contributed by atoms with Crippen LogP contribution >= 0.6 is 11.6 Å². The third-order valence-corrected chi connectivity index (χ3v) is 3.50. The van der Waals surface area contributed by atoms with Gasteiger partial charge in [-0.3, -0.25) is 0 Å². The molecule has 0 bridgehead atoms. The number of nitriles is 1. The van der Waals surface area contributed by atoms with Gasteiger partial charge >= 0.3 is 0 Å². The summed E-state index contributed by atoms with van der Waals surface area (Å²) in [6.45, 7) is 2.59. The maximum Gasteiger partial charge on any atom is 0.123 e. The number of halogens is 2. The molecule has 20 heavy (non-hydrogen) atoms. The van der Waals surface area contributed by atoms with Crippen molar-refractivity contribution in [3.05, 3.63) is 70.0 Å². The van der Waals surface area contributed by atoms with Gasteiger partial charge in [0, 0.05) is 17.6 Å². The molecule has 0 radical (unpaired) electrons. The van der Waals surface area contributed by atoms with Gasteiger partial charge in [-0.05, 0) is 42.3 Å². The average molecular weight is 289 g/mol. The van der Waals surface area contributed by atoms with Crippen LogP contribution in [0.1, 0.15) is 29.7 Å². The predicted molar refractivity (Wildman–Crippen MR) is 77.8 cm³/mol. The van der Waals surface area contributed by atoms with Crippen LogP contribution in [0.4, 0.5) is 4.39 Å². The Hall–Kier alpha value is -1.89. The first-order valence-corrected chi connectivity index (χ1v) is 6.65. The summed E-state index contributed by atoms with van der Waals surface area (Å²) in [4.78, 5) is 0. The molecule has 0 fully saturated rings. The second kappa shape index (κ2) is 6.51. The lowest BCUT2D eigenvalue weighted by Gasteiger charge is -2.15. The van der Waals surface area contributed by atoms with Crippen molar-refractivity contribution in [1.82, 2.24) is 5.32 Å². The Morgan fingerprint density at radius 1 is 1.25 bits per heavy atom. The van der Waals surface area contributed by atoms with E-state index in [1.165, 1.54) is 12.1 Å². The smallest absolute Gasteiger partial charge is 0.123 e. The van der Waals surface area contributed by atoms with Crippen molar-refractivity contribution in [3.63, 3.8) is 0 Å². The van der Waals surface area contributed by atoms with Gasteiger partial charge in [0.2, 0.25) is 0 Å². The van der Waals surface area contributed by atoms with Crippen LogP contribution in [0.25, 0.3) is 0 Å². The number of rotatable bonds is 4. The Kier molecular flexibility index (Phi) is 4.73. The molecule has 102 valence electrons. The third-order valence-electron chi connectivity index (χ3n) is 3.15. The van der Waals surface area contributed by atoms with Crippen LogP contribution in [0.15, 0.2) is 42.5 Å². The van der Waals surface area contributed by atoms with Crippen molar-refractivity contribution < 1.29 is 4.39 Å². The summed E-state index contributed by atoms with van der Waals surface area (Å²) in [6.07, 6.45) is 0. The average Bonchev–Trinajstić information content (AvgIpc) is 2.46. The molecule has 0 aliphatic rings. The largest absolute Gasteiger partial charge is 0.306 e. The van der Waals surface area contributed by atoms with E-state index in [2.05, 4.69) is 11.4 Å². The first-order valence-electron chi connectivity index (χ1n) is 6.27. The van der Waals surface area contributed by atoms with Gasteiger partial charge in [0.1, 0.15) is 5.82 Å². The molecule has 2 aromatic rings. The van der Waals surface area contributed by atoms with E-state index in [-0.39, 0.29) is 11.9 Å². The monoisotopic (exact) mass is 288 g/mol. The maximum atomic E-state index is 12.9. The lowest BCUT2D eigenvalue weighted by atomic mass is 10.1. The molecule has 1 atom stereocenters. The highest BCUT2D eigenvalue weighted by Gasteiger charge is 2.07. The number of benzene rings is 2. The van der Waals surface area contributed by atoms with Crippen LogP contribution in [0, 0.1) is 17.1 Å². The number of hydrogen-bond acceptors (Lipinski definition) is 2. The Morgan fingerprint density at radius 2 is 1.95 bits per heavy atom. The zero-order valence-corrected chi connectivity index (χ0v) is 11.8. The molecular weight excluding hydrogens is 275 g/mol. The first-order chi connectivity index (χ1) is 9.60. The predicted octanol–water partition coefficient (Wildman–Crippen LogP) is 4.20. The number of nitrogens with zero attached hydrogens (tertiary/aromatic N) is 1. The van der Waals surface area contributed by atoms with Crippen LogP contribution in [0.3, 0.4) is 0 Å². The molecule has 0 aliphatic heterocycles. The van der Waals surface area contributed by atoms with Crippen molar-refractivity contribution in [2.24, 2.45) is 0 Å². The summed E-state index contributed by atoms with van der Waals surface area (Å²) in [5.74, 6) is -0.240. The summed E-state index contributed by atoms with van der Waals surface area (Å²) < 4.78 is 12.9. The van der Waals surface area contributed by atoms with E-state index >= 15 is 0 Å². The van der Waals surface area contributed by atoms with Gasteiger partial charge < -0.3 is 5.32 Å². The van der Waals surface area contributed by atoms with Crippen molar-refractivity contribution >= 4 is 11.6 Å². The van der Waals surface area contributed by atoms with Crippen molar-refractivity contribution in [2.45, 2.75) is 19.5 Å². The highest BCUT2D eigenvalue weighted by Crippen LogP contribution is 2.19. The summed E-state index contributed by atoms with van der Waals surface area (Å²) in [7, 11) is 0. The fourth-order valence-electron chi connectivity index (χ4n) is 1.89. The van der Waals surface area contributed by atoms with Crippen molar-refractivity contribution in [3.8, 4) is 6.07 Å². The fraction of sp³-hybridized carbons (Fsp3) is 0.188. The van der Waals surface area contributed by atoms with Gasteiger partial charge in [-0.15, -0.1) is 0 Å². The molecule has 0 spiro atoms. The summed E-state index contributed by atoms with van der Waals surface area (Å²) in [6, 6.07) is 13.8. The molecule has 4 heteroatoms. The molecule has 0 amide bonds. The second-order valence-corrected chi connectivity index (χ2v) is 4.98. The normalized spacial score (nSPS) is 11.9. The first kappa shape index (κ1) is 14.5. The van der Waals surface area contributed by atoms with E-state index in [1.807, 2.05) is 13.0 Å². The number of nitrogens with one attached hydrogen (secondary N) is 1. The van der Waals surface area contributed by atoms with E-state index < -0.39 is 0 Å². The highest BCUT2D eigenvalue weighted by atomic mass is 35.5. The molecule has 2 rings (SSSR count). The van der Waals surface area contributed by atoms with Gasteiger partial charge in [-0.25, -0.2) is 4.39 Å². The molecule has 0 unspecified atom stereocenters. The third kappa shape index (κ3) is 3.57. The SMILES string of the molecule is C[C@H](NCc1ccc(C#N)cc1Cl)c1ccc(F)cc1. The molecule has 2 nitrogen and oxygen atoms in total. The molecule has 0 saturated carbocycles. The molecule has 0 saturated heterocycles. The quantitative estimate of drug-likeness (QED) is 0.915. The Morgan fingerprint density at radius 3 is 2.55 bits per heavy atom.